The molecule has 1 aromatic carbocycles. The first-order valence-electron chi connectivity index (χ1n) is 9.38. The van der Waals surface area contributed by atoms with Crippen LogP contribution in [0.25, 0.3) is 0 Å². The molecule has 0 amide bonds. The highest BCUT2D eigenvalue weighted by Crippen LogP contribution is 2.38. The van der Waals surface area contributed by atoms with Crippen LogP contribution in [-0.2, 0) is 6.54 Å². The fourth-order valence-electron chi connectivity index (χ4n) is 3.40. The van der Waals surface area contributed by atoms with Crippen molar-refractivity contribution in [2.75, 3.05) is 38.8 Å². The standard InChI is InChI=1S/C20H28N4O3/c1-4-27-20-17(25-2)11-15(12-18(20)26-3)13-21-16-7-6-10-24(14-16)19-8-5-9-22-23-19/h5,8-9,11-12,16,21H,4,6-7,10,13-14H2,1-3H3. The Morgan fingerprint density at radius 2 is 2.00 bits per heavy atom. The molecule has 7 heteroatoms. The molecule has 1 unspecified atom stereocenters. The Balaban J connectivity index is 1.65. The summed E-state index contributed by atoms with van der Waals surface area (Å²) in [5.74, 6) is 2.97. The SMILES string of the molecule is CCOc1c(OC)cc(CNC2CCCN(c3cccnn3)C2)cc1OC. The molecule has 2 heterocycles. The van der Waals surface area contributed by atoms with E-state index in [4.69, 9.17) is 14.2 Å². The van der Waals surface area contributed by atoms with E-state index in [0.717, 1.165) is 43.9 Å². The largest absolute Gasteiger partial charge is 0.493 e. The quantitative estimate of drug-likeness (QED) is 0.764. The second-order valence-corrected chi connectivity index (χ2v) is 6.51. The van der Waals surface area contributed by atoms with E-state index in [1.807, 2.05) is 31.2 Å². The molecular weight excluding hydrogens is 344 g/mol. The third-order valence-corrected chi connectivity index (χ3v) is 4.71. The molecule has 1 saturated heterocycles. The molecule has 1 atom stereocenters. The van der Waals surface area contributed by atoms with Gasteiger partial charge in [-0.05, 0) is 49.6 Å². The monoisotopic (exact) mass is 372 g/mol. The van der Waals surface area contributed by atoms with E-state index < -0.39 is 0 Å². The molecule has 0 aliphatic carbocycles. The predicted octanol–water partition coefficient (Wildman–Crippen LogP) is 2.65. The minimum atomic E-state index is 0.393. The van der Waals surface area contributed by atoms with Gasteiger partial charge in [0, 0.05) is 31.9 Å². The van der Waals surface area contributed by atoms with Crippen LogP contribution in [0, 0.1) is 0 Å². The van der Waals surface area contributed by atoms with Gasteiger partial charge in [0.2, 0.25) is 5.75 Å². The van der Waals surface area contributed by atoms with Crippen molar-refractivity contribution < 1.29 is 14.2 Å². The number of hydrogen-bond donors (Lipinski definition) is 1. The summed E-state index contributed by atoms with van der Waals surface area (Å²) in [6, 6.07) is 8.34. The lowest BCUT2D eigenvalue weighted by Gasteiger charge is -2.33. The maximum absolute atomic E-state index is 5.67. The lowest BCUT2D eigenvalue weighted by molar-refractivity contribution is 0.287. The Morgan fingerprint density at radius 1 is 1.22 bits per heavy atom. The van der Waals surface area contributed by atoms with E-state index in [2.05, 4.69) is 20.4 Å². The molecule has 146 valence electrons. The van der Waals surface area contributed by atoms with Crippen LogP contribution >= 0.6 is 0 Å². The summed E-state index contributed by atoms with van der Waals surface area (Å²) in [6.07, 6.45) is 3.97. The first-order valence-corrected chi connectivity index (χ1v) is 9.38. The summed E-state index contributed by atoms with van der Waals surface area (Å²) in [5.41, 5.74) is 1.10. The van der Waals surface area contributed by atoms with Gasteiger partial charge in [-0.3, -0.25) is 0 Å². The zero-order chi connectivity index (χ0) is 19.1. The van der Waals surface area contributed by atoms with Crippen molar-refractivity contribution in [2.45, 2.75) is 32.4 Å². The van der Waals surface area contributed by atoms with Crippen LogP contribution in [0.15, 0.2) is 30.5 Å². The highest BCUT2D eigenvalue weighted by molar-refractivity contribution is 5.54. The molecule has 0 radical (unpaired) electrons. The normalized spacial score (nSPS) is 16.9. The minimum Gasteiger partial charge on any atom is -0.493 e. The number of anilines is 1. The lowest BCUT2D eigenvalue weighted by atomic mass is 10.0. The first-order chi connectivity index (χ1) is 13.2. The van der Waals surface area contributed by atoms with Crippen LogP contribution in [0.3, 0.4) is 0 Å². The van der Waals surface area contributed by atoms with Crippen molar-refractivity contribution in [3.05, 3.63) is 36.0 Å². The van der Waals surface area contributed by atoms with E-state index in [0.29, 0.717) is 29.9 Å². The van der Waals surface area contributed by atoms with Crippen LogP contribution in [0.1, 0.15) is 25.3 Å². The molecule has 1 fully saturated rings. The summed E-state index contributed by atoms with van der Waals surface area (Å²) in [7, 11) is 3.29. The second-order valence-electron chi connectivity index (χ2n) is 6.51. The summed E-state index contributed by atoms with van der Waals surface area (Å²) < 4.78 is 16.7. The molecule has 1 aliphatic heterocycles. The number of piperidine rings is 1. The van der Waals surface area contributed by atoms with Gasteiger partial charge in [-0.25, -0.2) is 0 Å². The number of benzene rings is 1. The molecule has 2 aromatic rings. The smallest absolute Gasteiger partial charge is 0.203 e. The molecule has 1 N–H and O–H groups in total. The van der Waals surface area contributed by atoms with Gasteiger partial charge in [0.05, 0.1) is 20.8 Å². The maximum Gasteiger partial charge on any atom is 0.203 e. The third-order valence-electron chi connectivity index (χ3n) is 4.71. The maximum atomic E-state index is 5.67. The number of aromatic nitrogens is 2. The highest BCUT2D eigenvalue weighted by atomic mass is 16.5. The number of nitrogens with one attached hydrogen (secondary N) is 1. The van der Waals surface area contributed by atoms with Crippen molar-refractivity contribution in [2.24, 2.45) is 0 Å². The van der Waals surface area contributed by atoms with Gasteiger partial charge in [-0.15, -0.1) is 5.10 Å². The number of methoxy groups -OCH3 is 2. The zero-order valence-electron chi connectivity index (χ0n) is 16.3. The van der Waals surface area contributed by atoms with Crippen LogP contribution in [0.2, 0.25) is 0 Å². The third kappa shape index (κ3) is 4.80. The van der Waals surface area contributed by atoms with Crippen molar-refractivity contribution in [3.8, 4) is 17.2 Å². The molecule has 3 rings (SSSR count). The van der Waals surface area contributed by atoms with Gasteiger partial charge in [-0.1, -0.05) is 0 Å². The molecule has 0 spiro atoms. The van der Waals surface area contributed by atoms with E-state index in [1.165, 1.54) is 0 Å². The Hall–Kier alpha value is -2.54. The van der Waals surface area contributed by atoms with Crippen LogP contribution < -0.4 is 24.4 Å². The van der Waals surface area contributed by atoms with Crippen LogP contribution in [0.5, 0.6) is 17.2 Å². The zero-order valence-corrected chi connectivity index (χ0v) is 16.3. The first kappa shape index (κ1) is 19.2. The Morgan fingerprint density at radius 3 is 2.63 bits per heavy atom. The van der Waals surface area contributed by atoms with Gasteiger partial charge in [-0.2, -0.15) is 5.10 Å². The van der Waals surface area contributed by atoms with Crippen molar-refractivity contribution >= 4 is 5.82 Å². The fourth-order valence-corrected chi connectivity index (χ4v) is 3.40. The predicted molar refractivity (Wildman–Crippen MR) is 105 cm³/mol. The molecule has 1 aromatic heterocycles. The van der Waals surface area contributed by atoms with Crippen molar-refractivity contribution in [1.29, 1.82) is 0 Å². The average Bonchev–Trinajstić information content (AvgIpc) is 2.73. The van der Waals surface area contributed by atoms with E-state index in [1.54, 1.807) is 20.4 Å². The lowest BCUT2D eigenvalue weighted by Crippen LogP contribution is -2.45. The topological polar surface area (TPSA) is 68.7 Å². The fraction of sp³-hybridized carbons (Fsp3) is 0.500. The number of ether oxygens (including phenoxy) is 3. The minimum absolute atomic E-state index is 0.393. The highest BCUT2D eigenvalue weighted by Gasteiger charge is 2.21. The number of hydrogen-bond acceptors (Lipinski definition) is 7. The van der Waals surface area contributed by atoms with Crippen molar-refractivity contribution in [3.63, 3.8) is 0 Å². The second kappa shape index (κ2) is 9.41. The van der Waals surface area contributed by atoms with Gasteiger partial charge in [0.15, 0.2) is 17.3 Å². The van der Waals surface area contributed by atoms with E-state index in [-0.39, 0.29) is 0 Å². The van der Waals surface area contributed by atoms with Crippen molar-refractivity contribution in [1.82, 2.24) is 15.5 Å². The summed E-state index contributed by atoms with van der Waals surface area (Å²) in [5, 5.41) is 11.9. The number of nitrogens with zero attached hydrogens (tertiary/aromatic N) is 3. The van der Waals surface area contributed by atoms with E-state index >= 15 is 0 Å². The molecule has 7 nitrogen and oxygen atoms in total. The molecule has 0 saturated carbocycles. The van der Waals surface area contributed by atoms with Gasteiger partial charge < -0.3 is 24.4 Å². The number of rotatable bonds is 8. The van der Waals surface area contributed by atoms with Gasteiger partial charge in [0.25, 0.3) is 0 Å². The summed E-state index contributed by atoms with van der Waals surface area (Å²) >= 11 is 0. The summed E-state index contributed by atoms with van der Waals surface area (Å²) in [6.45, 7) is 5.18. The molecule has 0 bridgehead atoms. The van der Waals surface area contributed by atoms with E-state index in [9.17, 15) is 0 Å². The molecular formula is C20H28N4O3. The summed E-state index contributed by atoms with van der Waals surface area (Å²) in [4.78, 5) is 2.29. The van der Waals surface area contributed by atoms with Gasteiger partial charge >= 0.3 is 0 Å². The average molecular weight is 372 g/mol. The molecule has 27 heavy (non-hydrogen) atoms. The van der Waals surface area contributed by atoms with Crippen LogP contribution in [-0.4, -0.2) is 50.2 Å². The van der Waals surface area contributed by atoms with Gasteiger partial charge in [0.1, 0.15) is 0 Å². The van der Waals surface area contributed by atoms with Crippen LogP contribution in [0.4, 0.5) is 5.82 Å². The Bertz CT molecular complexity index is 701. The molecule has 1 aliphatic rings. The Labute approximate surface area is 160 Å². The Kier molecular flexibility index (Phi) is 6.70.